The predicted molar refractivity (Wildman–Crippen MR) is 69.6 cm³/mol. The zero-order valence-corrected chi connectivity index (χ0v) is 10.9. The first-order valence-electron chi connectivity index (χ1n) is 5.83. The highest BCUT2D eigenvalue weighted by molar-refractivity contribution is 5.97. The van der Waals surface area contributed by atoms with Crippen LogP contribution in [-0.4, -0.2) is 17.9 Å². The van der Waals surface area contributed by atoms with E-state index in [0.29, 0.717) is 5.56 Å². The van der Waals surface area contributed by atoms with Crippen LogP contribution in [0.2, 0.25) is 0 Å². The molecule has 1 aromatic rings. The number of nitrogens with two attached hydrogens (primary N) is 1. The van der Waals surface area contributed by atoms with E-state index in [9.17, 15) is 9.59 Å². The zero-order valence-electron chi connectivity index (χ0n) is 10.9. The quantitative estimate of drug-likeness (QED) is 0.418. The van der Waals surface area contributed by atoms with E-state index >= 15 is 0 Å². The summed E-state index contributed by atoms with van der Waals surface area (Å²) in [5.74, 6) is 4.38. The van der Waals surface area contributed by atoms with E-state index in [1.165, 1.54) is 0 Å². The average Bonchev–Trinajstić information content (AvgIpc) is 2.34. The fraction of sp³-hybridized carbons (Fsp3) is 0.385. The number of amides is 2. The number of hydrogen-bond donors (Lipinski definition) is 3. The molecular weight excluding hydrogens is 230 g/mol. The number of carbonyl (C=O) groups is 2. The third-order valence-electron chi connectivity index (χ3n) is 2.66. The summed E-state index contributed by atoms with van der Waals surface area (Å²) < 4.78 is 0. The fourth-order valence-corrected chi connectivity index (χ4v) is 1.64. The molecule has 0 aromatic heterocycles. The van der Waals surface area contributed by atoms with Gasteiger partial charge in [0.1, 0.15) is 6.04 Å². The minimum atomic E-state index is -0.636. The second-order valence-corrected chi connectivity index (χ2v) is 4.57. The zero-order chi connectivity index (χ0) is 13.7. The van der Waals surface area contributed by atoms with Crippen LogP contribution in [0.3, 0.4) is 0 Å². The molecule has 18 heavy (non-hydrogen) atoms. The SMILES string of the molecule is Cc1cccc(C(=O)N[C@H](C(=O)NN)C(C)C)c1. The Hall–Kier alpha value is -1.88. The van der Waals surface area contributed by atoms with E-state index in [0.717, 1.165) is 5.56 Å². The van der Waals surface area contributed by atoms with Crippen molar-refractivity contribution in [2.45, 2.75) is 26.8 Å². The van der Waals surface area contributed by atoms with Gasteiger partial charge in [0, 0.05) is 5.56 Å². The van der Waals surface area contributed by atoms with Gasteiger partial charge in [-0.15, -0.1) is 0 Å². The van der Waals surface area contributed by atoms with E-state index in [1.807, 2.05) is 26.8 Å². The van der Waals surface area contributed by atoms with Gasteiger partial charge in [-0.25, -0.2) is 5.84 Å². The Labute approximate surface area is 107 Å². The number of hydrazine groups is 1. The third kappa shape index (κ3) is 3.56. The Morgan fingerprint density at radius 1 is 1.28 bits per heavy atom. The molecule has 5 heteroatoms. The second kappa shape index (κ2) is 6.16. The maximum atomic E-state index is 12.0. The van der Waals surface area contributed by atoms with E-state index in [4.69, 9.17) is 5.84 Å². The molecule has 0 saturated carbocycles. The van der Waals surface area contributed by atoms with Crippen LogP contribution < -0.4 is 16.6 Å². The minimum absolute atomic E-state index is 0.0395. The largest absolute Gasteiger partial charge is 0.340 e. The Morgan fingerprint density at radius 3 is 2.44 bits per heavy atom. The summed E-state index contributed by atoms with van der Waals surface area (Å²) in [6.45, 7) is 5.59. The molecule has 0 spiro atoms. The summed E-state index contributed by atoms with van der Waals surface area (Å²) in [4.78, 5) is 23.5. The molecule has 0 aliphatic heterocycles. The number of hydrogen-bond acceptors (Lipinski definition) is 3. The Kier molecular flexibility index (Phi) is 4.85. The molecule has 0 fully saturated rings. The number of nitrogens with one attached hydrogen (secondary N) is 2. The van der Waals surface area contributed by atoms with E-state index in [2.05, 4.69) is 10.7 Å². The normalized spacial score (nSPS) is 12.1. The highest BCUT2D eigenvalue weighted by Gasteiger charge is 2.23. The van der Waals surface area contributed by atoms with Gasteiger partial charge in [0.2, 0.25) is 0 Å². The van der Waals surface area contributed by atoms with Gasteiger partial charge in [-0.2, -0.15) is 0 Å². The predicted octanol–water partition coefficient (Wildman–Crippen LogP) is 0.739. The van der Waals surface area contributed by atoms with Crippen molar-refractivity contribution >= 4 is 11.8 Å². The molecule has 4 N–H and O–H groups in total. The summed E-state index contributed by atoms with van der Waals surface area (Å²) >= 11 is 0. The van der Waals surface area contributed by atoms with Crippen LogP contribution in [0, 0.1) is 12.8 Å². The summed E-state index contributed by atoms with van der Waals surface area (Å²) in [5, 5.41) is 2.68. The molecule has 1 atom stereocenters. The van der Waals surface area contributed by atoms with Crippen LogP contribution in [0.4, 0.5) is 0 Å². The fourth-order valence-electron chi connectivity index (χ4n) is 1.64. The molecule has 0 saturated heterocycles. The highest BCUT2D eigenvalue weighted by atomic mass is 16.2. The number of benzene rings is 1. The molecule has 0 heterocycles. The van der Waals surface area contributed by atoms with Gasteiger partial charge in [-0.3, -0.25) is 15.0 Å². The van der Waals surface area contributed by atoms with E-state index in [1.54, 1.807) is 18.2 Å². The monoisotopic (exact) mass is 249 g/mol. The van der Waals surface area contributed by atoms with Crippen molar-refractivity contribution in [1.82, 2.24) is 10.7 Å². The molecular formula is C13H19N3O2. The molecule has 5 nitrogen and oxygen atoms in total. The summed E-state index contributed by atoms with van der Waals surface area (Å²) in [5.41, 5.74) is 3.59. The van der Waals surface area contributed by atoms with Gasteiger partial charge in [-0.05, 0) is 25.0 Å². The summed E-state index contributed by atoms with van der Waals surface area (Å²) in [7, 11) is 0. The molecule has 0 aliphatic carbocycles. The van der Waals surface area contributed by atoms with Crippen LogP contribution in [0.5, 0.6) is 0 Å². The Morgan fingerprint density at radius 2 is 1.94 bits per heavy atom. The van der Waals surface area contributed by atoms with Crippen LogP contribution in [-0.2, 0) is 4.79 Å². The smallest absolute Gasteiger partial charge is 0.256 e. The first-order chi connectivity index (χ1) is 8.45. The molecule has 2 amide bonds. The Bertz CT molecular complexity index is 444. The highest BCUT2D eigenvalue weighted by Crippen LogP contribution is 2.07. The summed E-state index contributed by atoms with van der Waals surface area (Å²) in [6, 6.07) is 6.55. The van der Waals surface area contributed by atoms with Crippen molar-refractivity contribution in [1.29, 1.82) is 0 Å². The maximum Gasteiger partial charge on any atom is 0.256 e. The van der Waals surface area contributed by atoms with Crippen LogP contribution in [0.15, 0.2) is 24.3 Å². The number of rotatable bonds is 4. The van der Waals surface area contributed by atoms with E-state index < -0.39 is 11.9 Å². The number of aryl methyl sites for hydroxylation is 1. The molecule has 1 aromatic carbocycles. The van der Waals surface area contributed by atoms with Crippen LogP contribution >= 0.6 is 0 Å². The van der Waals surface area contributed by atoms with Gasteiger partial charge < -0.3 is 5.32 Å². The first kappa shape index (κ1) is 14.2. The second-order valence-electron chi connectivity index (χ2n) is 4.57. The average molecular weight is 249 g/mol. The molecule has 0 unspecified atom stereocenters. The Balaban J connectivity index is 2.82. The minimum Gasteiger partial charge on any atom is -0.340 e. The van der Waals surface area contributed by atoms with Crippen molar-refractivity contribution < 1.29 is 9.59 Å². The van der Waals surface area contributed by atoms with Gasteiger partial charge in [0.15, 0.2) is 0 Å². The summed E-state index contributed by atoms with van der Waals surface area (Å²) in [6.07, 6.45) is 0. The maximum absolute atomic E-state index is 12.0. The van der Waals surface area contributed by atoms with Gasteiger partial charge in [0.25, 0.3) is 11.8 Å². The van der Waals surface area contributed by atoms with E-state index in [-0.39, 0.29) is 11.8 Å². The lowest BCUT2D eigenvalue weighted by Crippen LogP contribution is -2.51. The third-order valence-corrected chi connectivity index (χ3v) is 2.66. The van der Waals surface area contributed by atoms with Gasteiger partial charge >= 0.3 is 0 Å². The molecule has 98 valence electrons. The topological polar surface area (TPSA) is 84.2 Å². The lowest BCUT2D eigenvalue weighted by Gasteiger charge is -2.20. The first-order valence-corrected chi connectivity index (χ1v) is 5.83. The van der Waals surface area contributed by atoms with Crippen LogP contribution in [0.25, 0.3) is 0 Å². The van der Waals surface area contributed by atoms with Crippen molar-refractivity contribution in [3.05, 3.63) is 35.4 Å². The lowest BCUT2D eigenvalue weighted by atomic mass is 10.0. The van der Waals surface area contributed by atoms with Crippen molar-refractivity contribution in [3.63, 3.8) is 0 Å². The van der Waals surface area contributed by atoms with Crippen molar-refractivity contribution in [2.24, 2.45) is 11.8 Å². The van der Waals surface area contributed by atoms with Crippen molar-refractivity contribution in [3.8, 4) is 0 Å². The van der Waals surface area contributed by atoms with Gasteiger partial charge in [-0.1, -0.05) is 31.5 Å². The lowest BCUT2D eigenvalue weighted by molar-refractivity contribution is -0.124. The van der Waals surface area contributed by atoms with Crippen LogP contribution in [0.1, 0.15) is 29.8 Å². The molecule has 0 aliphatic rings. The molecule has 0 bridgehead atoms. The van der Waals surface area contributed by atoms with Crippen molar-refractivity contribution in [2.75, 3.05) is 0 Å². The molecule has 1 rings (SSSR count). The van der Waals surface area contributed by atoms with Gasteiger partial charge in [0.05, 0.1) is 0 Å². The molecule has 0 radical (unpaired) electrons. The standard InChI is InChI=1S/C13H19N3O2/c1-8(2)11(13(18)16-14)15-12(17)10-6-4-5-9(3)7-10/h4-8,11H,14H2,1-3H3,(H,15,17)(H,16,18)/t11-/m0/s1. The number of carbonyl (C=O) groups excluding carboxylic acids is 2.